The Morgan fingerprint density at radius 1 is 1.08 bits per heavy atom. The molecule has 2 rings (SSSR count). The molecule has 0 aliphatic heterocycles. The van der Waals surface area contributed by atoms with Crippen LogP contribution in [0, 0.1) is 13.8 Å². The minimum Gasteiger partial charge on any atom is -0.493 e. The molecule has 0 saturated heterocycles. The van der Waals surface area contributed by atoms with Crippen molar-refractivity contribution in [3.63, 3.8) is 0 Å². The Hall–Kier alpha value is -2.14. The fraction of sp³-hybridized carbons (Fsp3) is 0.350. The minimum atomic E-state index is -0.165. The third kappa shape index (κ3) is 5.16. The second-order valence-electron chi connectivity index (χ2n) is 5.94. The lowest BCUT2D eigenvalue weighted by Gasteiger charge is -2.14. The van der Waals surface area contributed by atoms with E-state index >= 15 is 0 Å². The molecule has 134 valence electrons. The van der Waals surface area contributed by atoms with Crippen molar-refractivity contribution in [2.75, 3.05) is 14.2 Å². The molecule has 0 aliphatic carbocycles. The van der Waals surface area contributed by atoms with Crippen molar-refractivity contribution in [3.05, 3.63) is 53.1 Å². The zero-order valence-electron chi connectivity index (χ0n) is 15.4. The van der Waals surface area contributed by atoms with Gasteiger partial charge in [-0.1, -0.05) is 23.8 Å². The molecule has 0 aliphatic rings. The molecule has 0 saturated carbocycles. The molecule has 0 heterocycles. The molecule has 0 fully saturated rings. The van der Waals surface area contributed by atoms with Gasteiger partial charge in [-0.15, -0.1) is 11.8 Å². The number of ether oxygens (including phenoxy) is 2. The van der Waals surface area contributed by atoms with Crippen LogP contribution in [0.15, 0.2) is 41.3 Å². The van der Waals surface area contributed by atoms with Crippen molar-refractivity contribution in [2.45, 2.75) is 37.5 Å². The number of aryl methyl sites for hydroxylation is 2. The smallest absolute Gasteiger partial charge is 0.233 e. The monoisotopic (exact) mass is 359 g/mol. The quantitative estimate of drug-likeness (QED) is 0.756. The molecule has 5 heteroatoms. The normalized spacial score (nSPS) is 11.7. The number of thioether (sulfide) groups is 1. The van der Waals surface area contributed by atoms with Gasteiger partial charge in [-0.05, 0) is 50.1 Å². The van der Waals surface area contributed by atoms with Gasteiger partial charge in [0, 0.05) is 11.4 Å². The van der Waals surface area contributed by atoms with Gasteiger partial charge in [-0.3, -0.25) is 4.79 Å². The van der Waals surface area contributed by atoms with Crippen LogP contribution in [0.25, 0.3) is 0 Å². The fourth-order valence-corrected chi connectivity index (χ4v) is 3.46. The summed E-state index contributed by atoms with van der Waals surface area (Å²) in [5.41, 5.74) is 3.40. The van der Waals surface area contributed by atoms with E-state index in [1.54, 1.807) is 26.0 Å². The number of nitrogens with one attached hydrogen (secondary N) is 1. The number of hydrogen-bond donors (Lipinski definition) is 1. The van der Waals surface area contributed by atoms with Crippen LogP contribution in [0.2, 0.25) is 0 Å². The maximum absolute atomic E-state index is 12.4. The topological polar surface area (TPSA) is 47.6 Å². The first-order valence-corrected chi connectivity index (χ1v) is 9.05. The van der Waals surface area contributed by atoms with Gasteiger partial charge >= 0.3 is 0 Å². The van der Waals surface area contributed by atoms with E-state index in [2.05, 4.69) is 37.4 Å². The average Bonchev–Trinajstić information content (AvgIpc) is 2.61. The van der Waals surface area contributed by atoms with Crippen molar-refractivity contribution in [2.24, 2.45) is 0 Å². The molecular formula is C20H25NO3S. The Kier molecular flexibility index (Phi) is 6.76. The number of methoxy groups -OCH3 is 2. The number of rotatable bonds is 7. The average molecular weight is 359 g/mol. The zero-order valence-corrected chi connectivity index (χ0v) is 16.2. The van der Waals surface area contributed by atoms with Crippen molar-refractivity contribution < 1.29 is 14.3 Å². The van der Waals surface area contributed by atoms with Gasteiger partial charge in [-0.2, -0.15) is 0 Å². The van der Waals surface area contributed by atoms with Gasteiger partial charge in [0.15, 0.2) is 11.5 Å². The van der Waals surface area contributed by atoms with Crippen molar-refractivity contribution >= 4 is 17.7 Å². The zero-order chi connectivity index (χ0) is 18.4. The number of amides is 1. The highest BCUT2D eigenvalue weighted by Crippen LogP contribution is 2.28. The second kappa shape index (κ2) is 8.81. The Labute approximate surface area is 153 Å². The Morgan fingerprint density at radius 3 is 2.44 bits per heavy atom. The molecule has 0 radical (unpaired) electrons. The summed E-state index contributed by atoms with van der Waals surface area (Å²) in [6.07, 6.45) is 0. The van der Waals surface area contributed by atoms with Crippen LogP contribution >= 0.6 is 11.8 Å². The Bertz CT molecular complexity index is 746. The maximum Gasteiger partial charge on any atom is 0.233 e. The Morgan fingerprint density at radius 2 is 1.80 bits per heavy atom. The highest BCUT2D eigenvalue weighted by Gasteiger charge is 2.15. The minimum absolute atomic E-state index is 0.0137. The van der Waals surface area contributed by atoms with E-state index in [1.807, 2.05) is 25.1 Å². The number of hydrogen-bond acceptors (Lipinski definition) is 4. The summed E-state index contributed by atoms with van der Waals surface area (Å²) < 4.78 is 10.5. The summed E-state index contributed by atoms with van der Waals surface area (Å²) in [4.78, 5) is 13.5. The molecule has 1 atom stereocenters. The molecule has 0 unspecified atom stereocenters. The summed E-state index contributed by atoms with van der Waals surface area (Å²) in [6.45, 7) is 6.52. The van der Waals surface area contributed by atoms with E-state index in [1.165, 1.54) is 11.1 Å². The molecule has 2 aromatic rings. The first-order valence-electron chi connectivity index (χ1n) is 8.17. The number of benzene rings is 2. The lowest BCUT2D eigenvalue weighted by Crippen LogP contribution is -2.30. The first-order chi connectivity index (χ1) is 11.9. The predicted molar refractivity (Wildman–Crippen MR) is 103 cm³/mol. The van der Waals surface area contributed by atoms with Crippen molar-refractivity contribution in [1.82, 2.24) is 5.32 Å². The van der Waals surface area contributed by atoms with Crippen LogP contribution in [-0.2, 0) is 11.3 Å². The molecule has 4 nitrogen and oxygen atoms in total. The van der Waals surface area contributed by atoms with Gasteiger partial charge in [0.2, 0.25) is 5.91 Å². The van der Waals surface area contributed by atoms with Gasteiger partial charge in [-0.25, -0.2) is 0 Å². The standard InChI is InChI=1S/C20H25NO3S/c1-13-6-9-19(14(2)10-13)25-15(3)20(22)21-12-16-7-8-17(23-4)18(11-16)24-5/h6-11,15H,12H2,1-5H3,(H,21,22)/t15-/m0/s1. The van der Waals surface area contributed by atoms with Crippen LogP contribution in [0.3, 0.4) is 0 Å². The molecule has 1 amide bonds. The van der Waals surface area contributed by atoms with Crippen LogP contribution in [0.1, 0.15) is 23.6 Å². The van der Waals surface area contributed by atoms with Crippen LogP contribution in [0.5, 0.6) is 11.5 Å². The Balaban J connectivity index is 1.95. The van der Waals surface area contributed by atoms with E-state index in [-0.39, 0.29) is 11.2 Å². The van der Waals surface area contributed by atoms with E-state index in [0.717, 1.165) is 10.5 Å². The summed E-state index contributed by atoms with van der Waals surface area (Å²) in [7, 11) is 3.20. The SMILES string of the molecule is COc1ccc(CNC(=O)[C@H](C)Sc2ccc(C)cc2C)cc1OC. The highest BCUT2D eigenvalue weighted by atomic mass is 32.2. The summed E-state index contributed by atoms with van der Waals surface area (Å²) >= 11 is 1.58. The van der Waals surface area contributed by atoms with Gasteiger partial charge in [0.25, 0.3) is 0 Å². The third-order valence-electron chi connectivity index (χ3n) is 3.92. The first kappa shape index (κ1) is 19.2. The lowest BCUT2D eigenvalue weighted by molar-refractivity contribution is -0.120. The molecule has 2 aromatic carbocycles. The van der Waals surface area contributed by atoms with Crippen molar-refractivity contribution in [1.29, 1.82) is 0 Å². The summed E-state index contributed by atoms with van der Waals surface area (Å²) in [6, 6.07) is 11.9. The largest absolute Gasteiger partial charge is 0.493 e. The van der Waals surface area contributed by atoms with Crippen LogP contribution < -0.4 is 14.8 Å². The fourth-order valence-electron chi connectivity index (χ4n) is 2.50. The van der Waals surface area contributed by atoms with E-state index in [4.69, 9.17) is 9.47 Å². The number of carbonyl (C=O) groups is 1. The van der Waals surface area contributed by atoms with Gasteiger partial charge in [0.05, 0.1) is 19.5 Å². The van der Waals surface area contributed by atoms with Gasteiger partial charge < -0.3 is 14.8 Å². The summed E-state index contributed by atoms with van der Waals surface area (Å²) in [5.74, 6) is 1.35. The number of carbonyl (C=O) groups excluding carboxylic acids is 1. The predicted octanol–water partition coefficient (Wildman–Crippen LogP) is 4.12. The maximum atomic E-state index is 12.4. The molecule has 25 heavy (non-hydrogen) atoms. The van der Waals surface area contributed by atoms with E-state index < -0.39 is 0 Å². The molecule has 1 N–H and O–H groups in total. The van der Waals surface area contributed by atoms with E-state index in [9.17, 15) is 4.79 Å². The molecular weight excluding hydrogens is 334 g/mol. The highest BCUT2D eigenvalue weighted by molar-refractivity contribution is 8.00. The molecule has 0 spiro atoms. The van der Waals surface area contributed by atoms with Crippen molar-refractivity contribution in [3.8, 4) is 11.5 Å². The lowest BCUT2D eigenvalue weighted by atomic mass is 10.2. The van der Waals surface area contributed by atoms with Gasteiger partial charge in [0.1, 0.15) is 0 Å². The second-order valence-corrected chi connectivity index (χ2v) is 7.32. The van der Waals surface area contributed by atoms with Crippen LogP contribution in [-0.4, -0.2) is 25.4 Å². The molecule has 0 bridgehead atoms. The van der Waals surface area contributed by atoms with E-state index in [0.29, 0.717) is 18.0 Å². The third-order valence-corrected chi connectivity index (χ3v) is 5.20. The van der Waals surface area contributed by atoms with Crippen LogP contribution in [0.4, 0.5) is 0 Å². The summed E-state index contributed by atoms with van der Waals surface area (Å²) in [5, 5.41) is 2.82. The molecule has 0 aromatic heterocycles.